The van der Waals surface area contributed by atoms with Gasteiger partial charge in [-0.15, -0.1) is 0 Å². The highest BCUT2D eigenvalue weighted by molar-refractivity contribution is 5.05. The first-order valence-electron chi connectivity index (χ1n) is 3.23. The van der Waals surface area contributed by atoms with Gasteiger partial charge in [0.25, 0.3) is 0 Å². The predicted molar refractivity (Wildman–Crippen MR) is 35.2 cm³/mol. The minimum Gasteiger partial charge on any atom is -0.383 e. The van der Waals surface area contributed by atoms with E-state index in [1.807, 2.05) is 10.8 Å². The molecule has 4 nitrogen and oxygen atoms in total. The van der Waals surface area contributed by atoms with Crippen molar-refractivity contribution in [2.45, 2.75) is 18.7 Å². The summed E-state index contributed by atoms with van der Waals surface area (Å²) < 4.78 is 1.87. The monoisotopic (exact) mass is 139 g/mol. The largest absolute Gasteiger partial charge is 0.383 e. The molecule has 0 aromatic carbocycles. The van der Waals surface area contributed by atoms with Gasteiger partial charge in [-0.25, -0.2) is 4.98 Å². The fraction of sp³-hybridized carbons (Fsp3) is 0.500. The van der Waals surface area contributed by atoms with Gasteiger partial charge in [-0.1, -0.05) is 0 Å². The number of hydrogen-bond donors (Lipinski definition) is 2. The molecule has 0 radical (unpaired) electrons. The molecule has 0 saturated carbocycles. The summed E-state index contributed by atoms with van der Waals surface area (Å²) in [6, 6.07) is -0.177. The Morgan fingerprint density at radius 3 is 3.30 bits per heavy atom. The van der Waals surface area contributed by atoms with Gasteiger partial charge < -0.3 is 15.4 Å². The lowest BCUT2D eigenvalue weighted by molar-refractivity contribution is 0.155. The summed E-state index contributed by atoms with van der Waals surface area (Å²) in [7, 11) is 0. The smallest absolute Gasteiger partial charge is 0.139 e. The third kappa shape index (κ3) is 0.600. The molecule has 2 rings (SSSR count). The molecule has 0 aliphatic carbocycles. The van der Waals surface area contributed by atoms with Crippen LogP contribution in [-0.2, 0) is 6.54 Å². The maximum Gasteiger partial charge on any atom is 0.139 e. The summed E-state index contributed by atoms with van der Waals surface area (Å²) >= 11 is 0. The Kier molecular flexibility index (Phi) is 1.06. The lowest BCUT2D eigenvalue weighted by Crippen LogP contribution is -2.25. The Bertz CT molecular complexity index is 245. The van der Waals surface area contributed by atoms with E-state index in [4.69, 9.17) is 5.73 Å². The average Bonchev–Trinajstić information content (AvgIpc) is 2.41. The van der Waals surface area contributed by atoms with Gasteiger partial charge in [0.15, 0.2) is 0 Å². The number of nitrogens with zero attached hydrogens (tertiary/aromatic N) is 2. The molecule has 0 amide bonds. The molecule has 1 aromatic rings. The van der Waals surface area contributed by atoms with Gasteiger partial charge in [0.05, 0.1) is 6.04 Å². The van der Waals surface area contributed by atoms with Gasteiger partial charge in [0.2, 0.25) is 0 Å². The average molecular weight is 139 g/mol. The van der Waals surface area contributed by atoms with Crippen LogP contribution >= 0.6 is 0 Å². The van der Waals surface area contributed by atoms with Crippen molar-refractivity contribution in [1.29, 1.82) is 0 Å². The highest BCUT2D eigenvalue weighted by Gasteiger charge is 2.28. The third-order valence-corrected chi connectivity index (χ3v) is 1.83. The first-order valence-corrected chi connectivity index (χ1v) is 3.23. The molecule has 2 heterocycles. The van der Waals surface area contributed by atoms with Crippen LogP contribution in [0.3, 0.4) is 0 Å². The molecule has 3 N–H and O–H groups in total. The van der Waals surface area contributed by atoms with E-state index < -0.39 is 6.10 Å². The van der Waals surface area contributed by atoms with E-state index in [0.717, 1.165) is 0 Å². The molecule has 2 atom stereocenters. The van der Waals surface area contributed by atoms with Crippen molar-refractivity contribution in [3.8, 4) is 0 Å². The molecule has 0 fully saturated rings. The molecule has 1 aromatic heterocycles. The fourth-order valence-electron chi connectivity index (χ4n) is 1.26. The molecular formula is C6H9N3O. The molecule has 0 bridgehead atoms. The molecule has 54 valence electrons. The van der Waals surface area contributed by atoms with Crippen molar-refractivity contribution in [2.75, 3.05) is 0 Å². The normalized spacial score (nSPS) is 30.6. The van der Waals surface area contributed by atoms with Crippen LogP contribution in [0.1, 0.15) is 11.9 Å². The molecule has 4 heteroatoms. The van der Waals surface area contributed by atoms with E-state index in [9.17, 15) is 5.11 Å². The zero-order valence-electron chi connectivity index (χ0n) is 5.44. The zero-order valence-corrected chi connectivity index (χ0v) is 5.44. The van der Waals surface area contributed by atoms with E-state index in [2.05, 4.69) is 4.98 Å². The predicted octanol–water partition coefficient (Wildman–Crippen LogP) is -0.743. The van der Waals surface area contributed by atoms with E-state index in [-0.39, 0.29) is 6.04 Å². The number of fused-ring (bicyclic) bond motifs is 1. The summed E-state index contributed by atoms with van der Waals surface area (Å²) in [6.07, 6.45) is 2.92. The van der Waals surface area contributed by atoms with Crippen LogP contribution in [0.2, 0.25) is 0 Å². The summed E-state index contributed by atoms with van der Waals surface area (Å²) in [5.41, 5.74) is 5.56. The highest BCUT2D eigenvalue weighted by Crippen LogP contribution is 2.21. The maximum absolute atomic E-state index is 9.33. The van der Waals surface area contributed by atoms with Crippen LogP contribution in [0.4, 0.5) is 0 Å². The summed E-state index contributed by atoms with van der Waals surface area (Å²) in [4.78, 5) is 3.96. The van der Waals surface area contributed by atoms with Gasteiger partial charge in [0, 0.05) is 18.9 Å². The van der Waals surface area contributed by atoms with Crippen molar-refractivity contribution in [2.24, 2.45) is 5.73 Å². The van der Waals surface area contributed by atoms with Crippen LogP contribution in [0.15, 0.2) is 12.4 Å². The van der Waals surface area contributed by atoms with Gasteiger partial charge in [-0.05, 0) is 0 Å². The second-order valence-corrected chi connectivity index (χ2v) is 2.55. The van der Waals surface area contributed by atoms with E-state index >= 15 is 0 Å². The minimum atomic E-state index is -0.574. The minimum absolute atomic E-state index is 0.177. The zero-order chi connectivity index (χ0) is 7.14. The lowest BCUT2D eigenvalue weighted by Gasteiger charge is -2.04. The molecular weight excluding hydrogens is 130 g/mol. The topological polar surface area (TPSA) is 64.1 Å². The second kappa shape index (κ2) is 1.81. The first kappa shape index (κ1) is 5.88. The fourth-order valence-corrected chi connectivity index (χ4v) is 1.26. The van der Waals surface area contributed by atoms with Crippen LogP contribution < -0.4 is 5.73 Å². The number of aliphatic hydroxyl groups is 1. The Labute approximate surface area is 58.3 Å². The molecule has 1 aliphatic heterocycles. The van der Waals surface area contributed by atoms with Crippen LogP contribution in [0, 0.1) is 0 Å². The van der Waals surface area contributed by atoms with E-state index in [0.29, 0.717) is 12.4 Å². The lowest BCUT2D eigenvalue weighted by atomic mass is 10.2. The molecule has 1 aliphatic rings. The van der Waals surface area contributed by atoms with Gasteiger partial charge in [-0.2, -0.15) is 0 Å². The number of rotatable bonds is 0. The van der Waals surface area contributed by atoms with Crippen LogP contribution in [0.5, 0.6) is 0 Å². The van der Waals surface area contributed by atoms with Gasteiger partial charge in [0.1, 0.15) is 11.9 Å². The first-order chi connectivity index (χ1) is 4.79. The SMILES string of the molecule is NC1Cn2ccnc2C1O. The van der Waals surface area contributed by atoms with Crippen molar-refractivity contribution in [3.05, 3.63) is 18.2 Å². The molecule has 0 spiro atoms. The number of hydrogen-bond acceptors (Lipinski definition) is 3. The van der Waals surface area contributed by atoms with E-state index in [1.54, 1.807) is 6.20 Å². The molecule has 0 saturated heterocycles. The maximum atomic E-state index is 9.33. The Morgan fingerprint density at radius 2 is 2.60 bits per heavy atom. The summed E-state index contributed by atoms with van der Waals surface area (Å²) in [6.45, 7) is 0.677. The number of imidazole rings is 1. The Hall–Kier alpha value is -0.870. The van der Waals surface area contributed by atoms with Crippen LogP contribution in [0.25, 0.3) is 0 Å². The van der Waals surface area contributed by atoms with Crippen molar-refractivity contribution in [1.82, 2.24) is 9.55 Å². The van der Waals surface area contributed by atoms with Crippen LogP contribution in [-0.4, -0.2) is 20.7 Å². The van der Waals surface area contributed by atoms with Crippen molar-refractivity contribution in [3.63, 3.8) is 0 Å². The van der Waals surface area contributed by atoms with Gasteiger partial charge in [-0.3, -0.25) is 0 Å². The summed E-state index contributed by atoms with van der Waals surface area (Å²) in [5.74, 6) is 0.688. The van der Waals surface area contributed by atoms with Crippen molar-refractivity contribution >= 4 is 0 Å². The number of nitrogens with two attached hydrogens (primary N) is 1. The number of aliphatic hydroxyl groups excluding tert-OH is 1. The molecule has 10 heavy (non-hydrogen) atoms. The Balaban J connectivity index is 2.43. The highest BCUT2D eigenvalue weighted by atomic mass is 16.3. The number of aromatic nitrogens is 2. The van der Waals surface area contributed by atoms with E-state index in [1.165, 1.54) is 0 Å². The summed E-state index contributed by atoms with van der Waals surface area (Å²) in [5, 5.41) is 9.33. The quantitative estimate of drug-likeness (QED) is 0.497. The van der Waals surface area contributed by atoms with Gasteiger partial charge >= 0.3 is 0 Å². The second-order valence-electron chi connectivity index (χ2n) is 2.55. The third-order valence-electron chi connectivity index (χ3n) is 1.83. The standard InChI is InChI=1S/C6H9N3O/c7-4-3-9-2-1-8-6(9)5(4)10/h1-2,4-5,10H,3,7H2. The molecule has 2 unspecified atom stereocenters. The Morgan fingerprint density at radius 1 is 1.80 bits per heavy atom. The van der Waals surface area contributed by atoms with Crippen molar-refractivity contribution < 1.29 is 5.11 Å².